The summed E-state index contributed by atoms with van der Waals surface area (Å²) in [6, 6.07) is 8.13. The summed E-state index contributed by atoms with van der Waals surface area (Å²) in [5.41, 5.74) is 2.80. The van der Waals surface area contributed by atoms with Gasteiger partial charge in [0.25, 0.3) is 0 Å². The van der Waals surface area contributed by atoms with Gasteiger partial charge in [0, 0.05) is 33.7 Å². The number of benzene rings is 2. The van der Waals surface area contributed by atoms with Crippen LogP contribution >= 0.6 is 11.6 Å². The van der Waals surface area contributed by atoms with E-state index >= 15 is 0 Å². The van der Waals surface area contributed by atoms with Crippen LogP contribution in [0.15, 0.2) is 36.5 Å². The number of fused-ring (bicyclic) bond motifs is 1. The molecule has 0 saturated heterocycles. The Morgan fingerprint density at radius 1 is 1.27 bits per heavy atom. The van der Waals surface area contributed by atoms with Gasteiger partial charge in [0.2, 0.25) is 0 Å². The van der Waals surface area contributed by atoms with Gasteiger partial charge in [0.15, 0.2) is 0 Å². The van der Waals surface area contributed by atoms with Gasteiger partial charge < -0.3 is 9.54 Å². The first kappa shape index (κ1) is 17.8. The van der Waals surface area contributed by atoms with E-state index in [1.54, 1.807) is 6.26 Å². The molecule has 26 heavy (non-hydrogen) atoms. The average molecular weight is 394 g/mol. The van der Waals surface area contributed by atoms with E-state index in [2.05, 4.69) is 4.98 Å². The molecule has 0 amide bonds. The SMILES string of the molecule is C[S+]([O-])Cc1cccc2c(C(c3c(F)cc(Cl)cc3F)C3CC3)c[nH]c12. The van der Waals surface area contributed by atoms with Crippen molar-refractivity contribution in [2.24, 2.45) is 5.92 Å². The third-order valence-corrected chi connectivity index (χ3v) is 5.91. The molecule has 0 spiro atoms. The molecule has 0 aliphatic heterocycles. The number of nitrogens with one attached hydrogen (secondary N) is 1. The van der Waals surface area contributed by atoms with Gasteiger partial charge in [-0.05, 0) is 36.5 Å². The predicted octanol–water partition coefficient (Wildman–Crippen LogP) is 5.52. The normalized spacial score (nSPS) is 16.8. The molecule has 2 nitrogen and oxygen atoms in total. The fraction of sp³-hybridized carbons (Fsp3) is 0.300. The van der Waals surface area contributed by atoms with E-state index in [4.69, 9.17) is 11.6 Å². The van der Waals surface area contributed by atoms with Gasteiger partial charge in [-0.1, -0.05) is 41.0 Å². The molecule has 0 bridgehead atoms. The molecule has 136 valence electrons. The smallest absolute Gasteiger partial charge is 0.132 e. The summed E-state index contributed by atoms with van der Waals surface area (Å²) in [5.74, 6) is -0.916. The zero-order chi connectivity index (χ0) is 18.4. The van der Waals surface area contributed by atoms with Gasteiger partial charge in [0.1, 0.15) is 17.4 Å². The van der Waals surface area contributed by atoms with Crippen LogP contribution in [0.4, 0.5) is 8.78 Å². The first-order chi connectivity index (χ1) is 12.5. The highest BCUT2D eigenvalue weighted by molar-refractivity contribution is 7.89. The molecule has 1 saturated carbocycles. The number of hydrogen-bond donors (Lipinski definition) is 1. The third-order valence-electron chi connectivity index (χ3n) is 4.98. The molecule has 1 fully saturated rings. The van der Waals surface area contributed by atoms with Crippen LogP contribution in [0.1, 0.15) is 35.4 Å². The second kappa shape index (κ2) is 6.87. The quantitative estimate of drug-likeness (QED) is 0.569. The fourth-order valence-corrected chi connectivity index (χ4v) is 4.63. The molecule has 1 N–H and O–H groups in total. The van der Waals surface area contributed by atoms with E-state index in [0.717, 1.165) is 34.9 Å². The summed E-state index contributed by atoms with van der Waals surface area (Å²) in [4.78, 5) is 3.24. The first-order valence-electron chi connectivity index (χ1n) is 8.49. The summed E-state index contributed by atoms with van der Waals surface area (Å²) in [7, 11) is 0. The van der Waals surface area contributed by atoms with E-state index in [0.29, 0.717) is 5.75 Å². The number of rotatable bonds is 5. The molecule has 1 aliphatic carbocycles. The topological polar surface area (TPSA) is 38.8 Å². The molecular weight excluding hydrogens is 376 g/mol. The van der Waals surface area contributed by atoms with Crippen LogP contribution in [0, 0.1) is 17.6 Å². The number of aromatic nitrogens is 1. The molecule has 3 aromatic rings. The van der Waals surface area contributed by atoms with Gasteiger partial charge in [-0.25, -0.2) is 8.78 Å². The van der Waals surface area contributed by atoms with Crippen molar-refractivity contribution in [2.45, 2.75) is 24.5 Å². The maximum Gasteiger partial charge on any atom is 0.132 e. The van der Waals surface area contributed by atoms with Gasteiger partial charge in [-0.3, -0.25) is 0 Å². The lowest BCUT2D eigenvalue weighted by Crippen LogP contribution is -2.09. The van der Waals surface area contributed by atoms with E-state index in [9.17, 15) is 13.3 Å². The van der Waals surface area contributed by atoms with Crippen molar-refractivity contribution in [3.63, 3.8) is 0 Å². The zero-order valence-corrected chi connectivity index (χ0v) is 15.8. The highest BCUT2D eigenvalue weighted by atomic mass is 35.5. The van der Waals surface area contributed by atoms with Crippen molar-refractivity contribution in [3.05, 3.63) is 69.9 Å². The van der Waals surface area contributed by atoms with Crippen molar-refractivity contribution < 1.29 is 13.3 Å². The van der Waals surface area contributed by atoms with Gasteiger partial charge >= 0.3 is 0 Å². The molecule has 1 aromatic heterocycles. The second-order valence-electron chi connectivity index (χ2n) is 6.90. The highest BCUT2D eigenvalue weighted by Gasteiger charge is 2.38. The Balaban J connectivity index is 1.87. The van der Waals surface area contributed by atoms with E-state index in [1.165, 1.54) is 12.1 Å². The number of aromatic amines is 1. The largest absolute Gasteiger partial charge is 0.616 e. The van der Waals surface area contributed by atoms with Crippen LogP contribution in [0.2, 0.25) is 5.02 Å². The lowest BCUT2D eigenvalue weighted by atomic mass is 9.86. The van der Waals surface area contributed by atoms with Crippen LogP contribution in [0.3, 0.4) is 0 Å². The number of H-pyrrole nitrogens is 1. The van der Waals surface area contributed by atoms with Crippen molar-refractivity contribution >= 4 is 33.7 Å². The molecule has 1 heterocycles. The second-order valence-corrected chi connectivity index (χ2v) is 8.77. The summed E-state index contributed by atoms with van der Waals surface area (Å²) < 4.78 is 40.9. The van der Waals surface area contributed by atoms with Crippen LogP contribution in [-0.4, -0.2) is 15.8 Å². The van der Waals surface area contributed by atoms with Gasteiger partial charge in [-0.15, -0.1) is 0 Å². The lowest BCUT2D eigenvalue weighted by Gasteiger charge is -2.18. The predicted molar refractivity (Wildman–Crippen MR) is 102 cm³/mol. The lowest BCUT2D eigenvalue weighted by molar-refractivity contribution is 0.526. The molecule has 0 radical (unpaired) electrons. The van der Waals surface area contributed by atoms with Crippen molar-refractivity contribution in [1.29, 1.82) is 0 Å². The minimum atomic E-state index is -0.971. The summed E-state index contributed by atoms with van der Waals surface area (Å²) in [6.07, 6.45) is 5.38. The molecule has 4 rings (SSSR count). The first-order valence-corrected chi connectivity index (χ1v) is 10.6. The minimum absolute atomic E-state index is 0.0601. The molecular formula is C20H18ClF2NOS. The van der Waals surface area contributed by atoms with Crippen molar-refractivity contribution in [3.8, 4) is 0 Å². The Kier molecular flexibility index (Phi) is 4.71. The zero-order valence-electron chi connectivity index (χ0n) is 14.2. The Hall–Kier alpha value is -1.56. The molecule has 2 unspecified atom stereocenters. The molecule has 6 heteroatoms. The Bertz CT molecular complexity index is 945. The summed E-state index contributed by atoms with van der Waals surface area (Å²) >= 11 is 4.83. The maximum absolute atomic E-state index is 14.6. The fourth-order valence-electron chi connectivity index (χ4n) is 3.76. The Labute approximate surface area is 158 Å². The molecule has 1 aliphatic rings. The minimum Gasteiger partial charge on any atom is -0.616 e. The number of halogens is 3. The molecule has 2 atom stereocenters. The summed E-state index contributed by atoms with van der Waals surface area (Å²) in [6.45, 7) is 0. The van der Waals surface area contributed by atoms with Gasteiger partial charge in [-0.2, -0.15) is 0 Å². The van der Waals surface area contributed by atoms with Crippen molar-refractivity contribution in [1.82, 2.24) is 4.98 Å². The molecule has 2 aromatic carbocycles. The van der Waals surface area contributed by atoms with Crippen LogP contribution in [0.25, 0.3) is 10.9 Å². The average Bonchev–Trinajstić information content (AvgIpc) is 3.30. The number of hydrogen-bond acceptors (Lipinski definition) is 1. The van der Waals surface area contributed by atoms with Gasteiger partial charge in [0.05, 0.1) is 11.8 Å². The third kappa shape index (κ3) is 3.24. The highest BCUT2D eigenvalue weighted by Crippen LogP contribution is 2.49. The maximum atomic E-state index is 14.6. The Morgan fingerprint density at radius 2 is 1.96 bits per heavy atom. The monoisotopic (exact) mass is 393 g/mol. The van der Waals surface area contributed by atoms with E-state index in [-0.39, 0.29) is 22.4 Å². The van der Waals surface area contributed by atoms with E-state index in [1.807, 2.05) is 24.4 Å². The standard InChI is InChI=1S/C20H18ClF2NOS/c1-26(25)10-12-3-2-4-14-15(9-24-20(12)14)18(11-5-6-11)19-16(22)7-13(21)8-17(19)23/h2-4,7-9,11,18,24H,5-6,10H2,1H3. The van der Waals surface area contributed by atoms with Crippen LogP contribution in [0.5, 0.6) is 0 Å². The van der Waals surface area contributed by atoms with E-state index < -0.39 is 22.8 Å². The van der Waals surface area contributed by atoms with Crippen LogP contribution < -0.4 is 0 Å². The summed E-state index contributed by atoms with van der Waals surface area (Å²) in [5, 5.41) is 0.989. The Morgan fingerprint density at radius 3 is 2.58 bits per heavy atom. The van der Waals surface area contributed by atoms with Crippen LogP contribution in [-0.2, 0) is 16.9 Å². The van der Waals surface area contributed by atoms with Crippen molar-refractivity contribution in [2.75, 3.05) is 6.26 Å². The number of para-hydroxylation sites is 1.